The van der Waals surface area contributed by atoms with Crippen molar-refractivity contribution in [3.63, 3.8) is 0 Å². The number of amides is 1. The van der Waals surface area contributed by atoms with Crippen molar-refractivity contribution in [3.05, 3.63) is 35.4 Å². The minimum Gasteiger partial charge on any atom is -0.271 e. The topological polar surface area (TPSA) is 77.1 Å². The van der Waals surface area contributed by atoms with Crippen molar-refractivity contribution in [2.45, 2.75) is 39.0 Å². The summed E-state index contributed by atoms with van der Waals surface area (Å²) in [6.07, 6.45) is -4.96. The van der Waals surface area contributed by atoms with Crippen molar-refractivity contribution < 1.29 is 26.7 Å². The maximum absolute atomic E-state index is 12.6. The molecule has 0 aliphatic carbocycles. The first-order valence-electron chi connectivity index (χ1n) is 7.34. The summed E-state index contributed by atoms with van der Waals surface area (Å²) in [4.78, 5) is 12.0. The number of rotatable bonds is 6. The van der Waals surface area contributed by atoms with Gasteiger partial charge in [-0.25, -0.2) is 14.2 Å². The van der Waals surface area contributed by atoms with Crippen LogP contribution in [-0.4, -0.2) is 37.9 Å². The number of aromatic nitrogens is 4. The number of nitrogens with one attached hydrogen (secondary N) is 1. The van der Waals surface area contributed by atoms with Gasteiger partial charge in [-0.05, 0) is 26.0 Å². The predicted octanol–water partition coefficient (Wildman–Crippen LogP) is 2.60. The molecule has 0 spiro atoms. The summed E-state index contributed by atoms with van der Waals surface area (Å²) in [5, 5.41) is 10.9. The normalized spacial score (nSPS) is 13.5. The van der Waals surface area contributed by atoms with Crippen LogP contribution in [-0.2, 0) is 11.3 Å². The van der Waals surface area contributed by atoms with Gasteiger partial charge in [-0.15, -0.1) is 0 Å². The van der Waals surface area contributed by atoms with Gasteiger partial charge in [0.2, 0.25) is 0 Å². The van der Waals surface area contributed by atoms with E-state index < -0.39 is 36.8 Å². The fourth-order valence-corrected chi connectivity index (χ4v) is 2.10. The largest absolute Gasteiger partial charge is 0.408 e. The fourth-order valence-electron chi connectivity index (χ4n) is 2.10. The van der Waals surface area contributed by atoms with Gasteiger partial charge in [0.15, 0.2) is 0 Å². The van der Waals surface area contributed by atoms with Crippen LogP contribution in [0.1, 0.15) is 36.5 Å². The lowest BCUT2D eigenvalue weighted by Gasteiger charge is -2.12. The molecule has 142 valence electrons. The average Bonchev–Trinajstić information content (AvgIpc) is 3.11. The maximum Gasteiger partial charge on any atom is 0.408 e. The van der Waals surface area contributed by atoms with Gasteiger partial charge in [0.25, 0.3) is 12.3 Å². The molecule has 2 aromatic rings. The van der Waals surface area contributed by atoms with E-state index in [4.69, 9.17) is 0 Å². The number of hydrogen-bond acceptors (Lipinski definition) is 4. The van der Waals surface area contributed by atoms with Crippen LogP contribution in [0.3, 0.4) is 0 Å². The van der Waals surface area contributed by atoms with Crippen LogP contribution in [0.4, 0.5) is 22.0 Å². The van der Waals surface area contributed by atoms with E-state index in [1.165, 1.54) is 26.0 Å². The predicted molar refractivity (Wildman–Crippen MR) is 80.7 cm³/mol. The summed E-state index contributed by atoms with van der Waals surface area (Å²) in [7, 11) is 0. The van der Waals surface area contributed by atoms with Crippen molar-refractivity contribution in [1.82, 2.24) is 25.0 Å². The van der Waals surface area contributed by atoms with Gasteiger partial charge in [-0.2, -0.15) is 28.5 Å². The monoisotopic (exact) mass is 378 g/mol. The standard InChI is InChI=1S/C14H15F5N6O/c1-8-5-11(12(15)16)23-25(8)9(2)13(26)21-20-6-10-3-4-24(22-10)7-14(17,18)19/h3-6,9,12H,7H2,1-2H3,(H,21,26)/b20-6+/t9-/m1/s1. The molecule has 0 aliphatic heterocycles. The number of hydrazone groups is 1. The van der Waals surface area contributed by atoms with E-state index in [1.54, 1.807) is 0 Å². The first kappa shape index (κ1) is 19.5. The van der Waals surface area contributed by atoms with E-state index >= 15 is 0 Å². The number of alkyl halides is 5. The van der Waals surface area contributed by atoms with Gasteiger partial charge in [0, 0.05) is 11.9 Å². The quantitative estimate of drug-likeness (QED) is 0.477. The lowest BCUT2D eigenvalue weighted by molar-refractivity contribution is -0.142. The molecule has 2 aromatic heterocycles. The highest BCUT2D eigenvalue weighted by Crippen LogP contribution is 2.20. The Bertz CT molecular complexity index is 794. The van der Waals surface area contributed by atoms with Crippen LogP contribution in [0.2, 0.25) is 0 Å². The van der Waals surface area contributed by atoms with Crippen LogP contribution >= 0.6 is 0 Å². The van der Waals surface area contributed by atoms with Crippen LogP contribution in [0, 0.1) is 6.92 Å². The molecule has 1 atom stereocenters. The fraction of sp³-hybridized carbons (Fsp3) is 0.429. The first-order chi connectivity index (χ1) is 12.1. The number of nitrogens with zero attached hydrogens (tertiary/aromatic N) is 5. The SMILES string of the molecule is Cc1cc(C(F)F)nn1[C@H](C)C(=O)N/N=C/c1ccn(CC(F)(F)F)n1. The Labute approximate surface area is 144 Å². The molecule has 0 saturated heterocycles. The Kier molecular flexibility index (Phi) is 5.73. The van der Waals surface area contributed by atoms with Crippen LogP contribution < -0.4 is 5.43 Å². The van der Waals surface area contributed by atoms with Crippen LogP contribution in [0.15, 0.2) is 23.4 Å². The highest BCUT2D eigenvalue weighted by molar-refractivity contribution is 5.82. The molecule has 7 nitrogen and oxygen atoms in total. The lowest BCUT2D eigenvalue weighted by atomic mass is 10.3. The van der Waals surface area contributed by atoms with E-state index in [1.807, 2.05) is 0 Å². The molecule has 0 fully saturated rings. The smallest absolute Gasteiger partial charge is 0.271 e. The minimum atomic E-state index is -4.40. The molecule has 0 aliphatic rings. The number of hydrogen-bond donors (Lipinski definition) is 1. The van der Waals surface area contributed by atoms with Crippen molar-refractivity contribution in [3.8, 4) is 0 Å². The van der Waals surface area contributed by atoms with Gasteiger partial charge in [-0.1, -0.05) is 0 Å². The molecule has 1 amide bonds. The van der Waals surface area contributed by atoms with Gasteiger partial charge in [0.1, 0.15) is 24.0 Å². The second-order valence-electron chi connectivity index (χ2n) is 5.42. The third-order valence-electron chi connectivity index (χ3n) is 3.29. The molecule has 0 bridgehead atoms. The van der Waals surface area contributed by atoms with E-state index in [0.29, 0.717) is 10.4 Å². The molecule has 0 radical (unpaired) electrons. The minimum absolute atomic E-state index is 0.109. The first-order valence-corrected chi connectivity index (χ1v) is 7.34. The third kappa shape index (κ3) is 5.10. The molecular weight excluding hydrogens is 363 g/mol. The Morgan fingerprint density at radius 2 is 2.08 bits per heavy atom. The summed E-state index contributed by atoms with van der Waals surface area (Å²) < 4.78 is 63.8. The number of aryl methyl sites for hydroxylation is 1. The highest BCUT2D eigenvalue weighted by Gasteiger charge is 2.28. The Morgan fingerprint density at radius 1 is 1.38 bits per heavy atom. The van der Waals surface area contributed by atoms with E-state index in [0.717, 1.165) is 17.1 Å². The summed E-state index contributed by atoms with van der Waals surface area (Å²) in [5.41, 5.74) is 2.20. The summed E-state index contributed by atoms with van der Waals surface area (Å²) in [5.74, 6) is -0.636. The maximum atomic E-state index is 12.6. The Morgan fingerprint density at radius 3 is 2.65 bits per heavy atom. The molecule has 1 N–H and O–H groups in total. The van der Waals surface area contributed by atoms with Crippen molar-refractivity contribution >= 4 is 12.1 Å². The lowest BCUT2D eigenvalue weighted by Crippen LogP contribution is -2.28. The van der Waals surface area contributed by atoms with Gasteiger partial charge in [-0.3, -0.25) is 14.2 Å². The van der Waals surface area contributed by atoms with Crippen LogP contribution in [0.25, 0.3) is 0 Å². The van der Waals surface area contributed by atoms with Gasteiger partial charge >= 0.3 is 6.18 Å². The van der Waals surface area contributed by atoms with Crippen molar-refractivity contribution in [2.75, 3.05) is 0 Å². The second-order valence-corrected chi connectivity index (χ2v) is 5.42. The molecule has 0 unspecified atom stereocenters. The molecule has 0 saturated carbocycles. The molecule has 0 aromatic carbocycles. The number of halogens is 5. The molecular formula is C14H15F5N6O. The number of carbonyl (C=O) groups excluding carboxylic acids is 1. The summed E-state index contributed by atoms with van der Waals surface area (Å²) >= 11 is 0. The zero-order valence-electron chi connectivity index (χ0n) is 13.7. The zero-order chi connectivity index (χ0) is 19.5. The molecule has 12 heteroatoms. The highest BCUT2D eigenvalue weighted by atomic mass is 19.4. The third-order valence-corrected chi connectivity index (χ3v) is 3.29. The van der Waals surface area contributed by atoms with E-state index in [2.05, 4.69) is 20.7 Å². The van der Waals surface area contributed by atoms with Crippen molar-refractivity contribution in [2.24, 2.45) is 5.10 Å². The summed E-state index contributed by atoms with van der Waals surface area (Å²) in [6, 6.07) is 1.55. The van der Waals surface area contributed by atoms with E-state index in [-0.39, 0.29) is 5.69 Å². The summed E-state index contributed by atoms with van der Waals surface area (Å²) in [6.45, 7) is 1.73. The molecule has 2 rings (SSSR count). The van der Waals surface area contributed by atoms with Gasteiger partial charge in [0.05, 0.1) is 6.21 Å². The van der Waals surface area contributed by atoms with Crippen molar-refractivity contribution in [1.29, 1.82) is 0 Å². The number of carbonyl (C=O) groups is 1. The van der Waals surface area contributed by atoms with Crippen LogP contribution in [0.5, 0.6) is 0 Å². The van der Waals surface area contributed by atoms with Gasteiger partial charge < -0.3 is 0 Å². The zero-order valence-corrected chi connectivity index (χ0v) is 13.7. The second kappa shape index (κ2) is 7.62. The van der Waals surface area contributed by atoms with E-state index in [9.17, 15) is 26.7 Å². The average molecular weight is 378 g/mol. The Balaban J connectivity index is 1.96. The molecule has 26 heavy (non-hydrogen) atoms. The Hall–Kier alpha value is -2.79. The molecule has 2 heterocycles.